The molecule has 0 spiro atoms. The van der Waals surface area contributed by atoms with Crippen LogP contribution >= 0.6 is 12.4 Å². The highest BCUT2D eigenvalue weighted by Gasteiger charge is 2.21. The Bertz CT molecular complexity index is 533. The van der Waals surface area contributed by atoms with E-state index in [0.29, 0.717) is 6.54 Å². The van der Waals surface area contributed by atoms with Gasteiger partial charge in [-0.15, -0.1) is 12.4 Å². The summed E-state index contributed by atoms with van der Waals surface area (Å²) in [7, 11) is -3.18. The van der Waals surface area contributed by atoms with Crippen LogP contribution in [0.15, 0.2) is 29.2 Å². The Hall–Kier alpha value is -1.11. The highest BCUT2D eigenvalue weighted by Crippen LogP contribution is 2.10. The van der Waals surface area contributed by atoms with Gasteiger partial charge in [0.15, 0.2) is 9.84 Å². The summed E-state index contributed by atoms with van der Waals surface area (Å²) in [6.45, 7) is 3.56. The molecule has 0 aliphatic rings. The zero-order valence-corrected chi connectivity index (χ0v) is 12.8. The average molecular weight is 307 g/mol. The van der Waals surface area contributed by atoms with Crippen LogP contribution in [0.25, 0.3) is 0 Å². The van der Waals surface area contributed by atoms with Crippen LogP contribution in [0.3, 0.4) is 0 Å². The van der Waals surface area contributed by atoms with E-state index in [4.69, 9.17) is 5.73 Å². The average Bonchev–Trinajstić information content (AvgIpc) is 2.24. The van der Waals surface area contributed by atoms with Crippen LogP contribution in [0.4, 0.5) is 0 Å². The van der Waals surface area contributed by atoms with Crippen molar-refractivity contribution in [2.24, 2.45) is 5.73 Å². The van der Waals surface area contributed by atoms with Crippen LogP contribution < -0.4 is 11.1 Å². The van der Waals surface area contributed by atoms with Gasteiger partial charge in [0.1, 0.15) is 0 Å². The number of nitrogens with two attached hydrogens (primary N) is 1. The maximum atomic E-state index is 11.5. The Balaban J connectivity index is 0.00000324. The molecule has 5 nitrogen and oxygen atoms in total. The number of sulfone groups is 1. The lowest BCUT2D eigenvalue weighted by molar-refractivity contribution is -0.125. The Morgan fingerprint density at radius 2 is 1.74 bits per heavy atom. The molecule has 1 aromatic rings. The lowest BCUT2D eigenvalue weighted by Gasteiger charge is -2.17. The Labute approximate surface area is 119 Å². The van der Waals surface area contributed by atoms with Crippen LogP contribution in [0.2, 0.25) is 0 Å². The summed E-state index contributed by atoms with van der Waals surface area (Å²) >= 11 is 0. The fourth-order valence-electron chi connectivity index (χ4n) is 1.26. The molecular weight excluding hydrogens is 288 g/mol. The predicted molar refractivity (Wildman–Crippen MR) is 76.9 cm³/mol. The van der Waals surface area contributed by atoms with Gasteiger partial charge in [-0.1, -0.05) is 12.1 Å². The molecule has 0 heterocycles. The third kappa shape index (κ3) is 5.59. The van der Waals surface area contributed by atoms with E-state index in [2.05, 4.69) is 5.32 Å². The van der Waals surface area contributed by atoms with Crippen LogP contribution in [0, 0.1) is 0 Å². The second-order valence-corrected chi connectivity index (χ2v) is 6.84. The normalized spacial score (nSPS) is 11.6. The first kappa shape index (κ1) is 17.9. The van der Waals surface area contributed by atoms with E-state index >= 15 is 0 Å². The molecular formula is C12H19ClN2O3S. The highest BCUT2D eigenvalue weighted by molar-refractivity contribution is 7.90. The summed E-state index contributed by atoms with van der Waals surface area (Å²) in [6.07, 6.45) is 1.15. The van der Waals surface area contributed by atoms with Gasteiger partial charge in [0.25, 0.3) is 0 Å². The van der Waals surface area contributed by atoms with Crippen molar-refractivity contribution >= 4 is 28.2 Å². The topological polar surface area (TPSA) is 89.3 Å². The molecule has 0 aliphatic carbocycles. The van der Waals surface area contributed by atoms with Crippen molar-refractivity contribution in [3.05, 3.63) is 29.8 Å². The number of nitrogens with one attached hydrogen (secondary N) is 1. The lowest BCUT2D eigenvalue weighted by Crippen LogP contribution is -2.48. The fourth-order valence-corrected chi connectivity index (χ4v) is 1.90. The monoisotopic (exact) mass is 306 g/mol. The van der Waals surface area contributed by atoms with E-state index in [9.17, 15) is 13.2 Å². The summed E-state index contributed by atoms with van der Waals surface area (Å²) in [5.41, 5.74) is 5.53. The number of rotatable bonds is 4. The smallest absolute Gasteiger partial charge is 0.239 e. The van der Waals surface area contributed by atoms with Crippen LogP contribution in [0.1, 0.15) is 19.4 Å². The predicted octanol–water partition coefficient (Wildman–Crippen LogP) is 0.865. The number of halogens is 1. The molecule has 0 bridgehead atoms. The van der Waals surface area contributed by atoms with Crippen LogP contribution in [-0.4, -0.2) is 26.1 Å². The zero-order valence-electron chi connectivity index (χ0n) is 11.1. The van der Waals surface area contributed by atoms with Gasteiger partial charge in [-0.2, -0.15) is 0 Å². The lowest BCUT2D eigenvalue weighted by atomic mass is 10.1. The second-order valence-electron chi connectivity index (χ2n) is 4.82. The molecule has 0 aromatic heterocycles. The van der Waals surface area contributed by atoms with E-state index in [1.54, 1.807) is 26.0 Å². The van der Waals surface area contributed by atoms with Gasteiger partial charge in [-0.25, -0.2) is 8.42 Å². The third-order valence-corrected chi connectivity index (χ3v) is 3.52. The first-order chi connectivity index (χ1) is 8.10. The molecule has 0 atom stereocenters. The number of hydrogen-bond donors (Lipinski definition) is 2. The number of carbonyl (C=O) groups is 1. The molecule has 0 saturated carbocycles. The minimum Gasteiger partial charge on any atom is -0.350 e. The molecule has 19 heavy (non-hydrogen) atoms. The summed E-state index contributed by atoms with van der Waals surface area (Å²) in [6, 6.07) is 6.37. The Morgan fingerprint density at radius 1 is 1.26 bits per heavy atom. The first-order valence-corrected chi connectivity index (χ1v) is 7.36. The van der Waals surface area contributed by atoms with Crippen molar-refractivity contribution in [2.75, 3.05) is 6.26 Å². The molecule has 0 aliphatic heterocycles. The van der Waals surface area contributed by atoms with Crippen LogP contribution in [0.5, 0.6) is 0 Å². The van der Waals surface area contributed by atoms with E-state index in [0.717, 1.165) is 11.8 Å². The van der Waals surface area contributed by atoms with E-state index < -0.39 is 15.4 Å². The number of hydrogen-bond acceptors (Lipinski definition) is 4. The summed E-state index contributed by atoms with van der Waals surface area (Å²) in [5, 5.41) is 2.68. The molecule has 1 aromatic carbocycles. The van der Waals surface area contributed by atoms with E-state index in [-0.39, 0.29) is 23.2 Å². The summed E-state index contributed by atoms with van der Waals surface area (Å²) < 4.78 is 22.5. The van der Waals surface area contributed by atoms with Crippen molar-refractivity contribution in [2.45, 2.75) is 30.8 Å². The SMILES string of the molecule is CC(C)(N)C(=O)NCc1ccc(S(C)(=O)=O)cc1.Cl. The summed E-state index contributed by atoms with van der Waals surface area (Å²) in [5.74, 6) is -0.255. The Kier molecular flexibility index (Phi) is 5.99. The van der Waals surface area contributed by atoms with E-state index in [1.807, 2.05) is 0 Å². The molecule has 7 heteroatoms. The largest absolute Gasteiger partial charge is 0.350 e. The van der Waals surface area contributed by atoms with Crippen molar-refractivity contribution in [3.63, 3.8) is 0 Å². The molecule has 108 valence electrons. The third-order valence-electron chi connectivity index (χ3n) is 2.39. The van der Waals surface area contributed by atoms with Gasteiger partial charge in [-0.05, 0) is 31.5 Å². The van der Waals surface area contributed by atoms with Gasteiger partial charge in [0, 0.05) is 12.8 Å². The first-order valence-electron chi connectivity index (χ1n) is 5.47. The van der Waals surface area contributed by atoms with Crippen molar-refractivity contribution in [1.29, 1.82) is 0 Å². The van der Waals surface area contributed by atoms with E-state index in [1.165, 1.54) is 12.1 Å². The minimum absolute atomic E-state index is 0. The number of benzene rings is 1. The number of carbonyl (C=O) groups excluding carboxylic acids is 1. The van der Waals surface area contributed by atoms with Crippen LogP contribution in [-0.2, 0) is 21.2 Å². The van der Waals surface area contributed by atoms with Gasteiger partial charge < -0.3 is 11.1 Å². The molecule has 1 rings (SSSR count). The molecule has 0 unspecified atom stereocenters. The maximum absolute atomic E-state index is 11.5. The van der Waals surface area contributed by atoms with Gasteiger partial charge >= 0.3 is 0 Å². The highest BCUT2D eigenvalue weighted by atomic mass is 35.5. The number of amides is 1. The van der Waals surface area contributed by atoms with Gasteiger partial charge in [-0.3, -0.25) is 4.79 Å². The van der Waals surface area contributed by atoms with Crippen molar-refractivity contribution in [1.82, 2.24) is 5.32 Å². The minimum atomic E-state index is -3.18. The van der Waals surface area contributed by atoms with Gasteiger partial charge in [0.2, 0.25) is 5.91 Å². The van der Waals surface area contributed by atoms with Gasteiger partial charge in [0.05, 0.1) is 10.4 Å². The second kappa shape index (κ2) is 6.36. The zero-order chi connectivity index (χ0) is 14.0. The quantitative estimate of drug-likeness (QED) is 0.863. The molecule has 0 saturated heterocycles. The fraction of sp³-hybridized carbons (Fsp3) is 0.417. The maximum Gasteiger partial charge on any atom is 0.239 e. The molecule has 1 amide bonds. The Morgan fingerprint density at radius 3 is 2.11 bits per heavy atom. The standard InChI is InChI=1S/C12H18N2O3S.ClH/c1-12(2,13)11(15)14-8-9-4-6-10(7-5-9)18(3,16)17;/h4-7H,8,13H2,1-3H3,(H,14,15);1H. The summed E-state index contributed by atoms with van der Waals surface area (Å²) in [4.78, 5) is 11.8. The van der Waals surface area contributed by atoms with Crippen molar-refractivity contribution < 1.29 is 13.2 Å². The molecule has 0 fully saturated rings. The molecule has 3 N–H and O–H groups in total. The molecule has 0 radical (unpaired) electrons. The van der Waals surface area contributed by atoms with Crippen molar-refractivity contribution in [3.8, 4) is 0 Å².